The first-order chi connectivity index (χ1) is 11.1. The van der Waals surface area contributed by atoms with Crippen LogP contribution in [0.3, 0.4) is 0 Å². The summed E-state index contributed by atoms with van der Waals surface area (Å²) in [5.74, 6) is 0.524. The first-order valence-electron chi connectivity index (χ1n) is 6.83. The zero-order valence-corrected chi connectivity index (χ0v) is 13.8. The maximum Gasteiger partial charge on any atom is 0.250 e. The molecule has 4 nitrogen and oxygen atoms in total. The average molecular weight is 345 g/mol. The Morgan fingerprint density at radius 1 is 1.30 bits per heavy atom. The fourth-order valence-electron chi connectivity index (χ4n) is 2.01. The van der Waals surface area contributed by atoms with Crippen molar-refractivity contribution < 1.29 is 9.53 Å². The van der Waals surface area contributed by atoms with Crippen LogP contribution in [-0.2, 0) is 4.79 Å². The lowest BCUT2D eigenvalue weighted by Crippen LogP contribution is -2.07. The van der Waals surface area contributed by atoms with E-state index in [1.807, 2.05) is 30.3 Å². The molecule has 0 atom stereocenters. The normalized spacial score (nSPS) is 11.0. The van der Waals surface area contributed by atoms with Crippen molar-refractivity contribution in [2.45, 2.75) is 0 Å². The molecule has 0 fully saturated rings. The Hall–Kier alpha value is -2.37. The Balaban J connectivity index is 1.72. The van der Waals surface area contributed by atoms with Gasteiger partial charge in [0.15, 0.2) is 5.13 Å². The molecule has 0 bridgehead atoms. The zero-order chi connectivity index (χ0) is 16.2. The molecule has 2 aromatic carbocycles. The van der Waals surface area contributed by atoms with E-state index in [0.29, 0.717) is 10.2 Å². The minimum Gasteiger partial charge on any atom is -0.497 e. The van der Waals surface area contributed by atoms with E-state index in [9.17, 15) is 4.79 Å². The van der Waals surface area contributed by atoms with Gasteiger partial charge in [-0.15, -0.1) is 0 Å². The van der Waals surface area contributed by atoms with Gasteiger partial charge in [0.05, 0.1) is 17.3 Å². The summed E-state index contributed by atoms with van der Waals surface area (Å²) >= 11 is 7.31. The van der Waals surface area contributed by atoms with Crippen molar-refractivity contribution >= 4 is 50.3 Å². The molecule has 0 spiro atoms. The van der Waals surface area contributed by atoms with E-state index in [0.717, 1.165) is 21.5 Å². The van der Waals surface area contributed by atoms with Gasteiger partial charge in [0.2, 0.25) is 5.91 Å². The average Bonchev–Trinajstić information content (AvgIpc) is 2.94. The van der Waals surface area contributed by atoms with Gasteiger partial charge in [-0.3, -0.25) is 10.1 Å². The predicted octanol–water partition coefficient (Wildman–Crippen LogP) is 4.61. The van der Waals surface area contributed by atoms with Gasteiger partial charge in [-0.1, -0.05) is 35.1 Å². The second-order valence-electron chi connectivity index (χ2n) is 4.73. The standard InChI is InChI=1S/C17H13ClN2O2S/c1-22-13-6-7-14-15(10-13)23-17(19-14)20-16(21)8-5-11-3-2-4-12(18)9-11/h2-10H,1H3,(H,19,20,21). The van der Waals surface area contributed by atoms with Crippen molar-refractivity contribution in [3.8, 4) is 5.75 Å². The molecule has 6 heteroatoms. The van der Waals surface area contributed by atoms with Crippen LogP contribution in [0.5, 0.6) is 5.75 Å². The third-order valence-electron chi connectivity index (χ3n) is 3.10. The molecule has 23 heavy (non-hydrogen) atoms. The van der Waals surface area contributed by atoms with Gasteiger partial charge in [-0.2, -0.15) is 0 Å². The van der Waals surface area contributed by atoms with Gasteiger partial charge in [0, 0.05) is 11.1 Å². The third kappa shape index (κ3) is 3.88. The summed E-state index contributed by atoms with van der Waals surface area (Å²) in [5, 5.41) is 3.94. The molecule has 3 aromatic rings. The van der Waals surface area contributed by atoms with E-state index in [4.69, 9.17) is 16.3 Å². The number of amides is 1. The second-order valence-corrected chi connectivity index (χ2v) is 6.20. The second kappa shape index (κ2) is 6.81. The molecule has 0 aliphatic rings. The van der Waals surface area contributed by atoms with Crippen LogP contribution in [0.4, 0.5) is 5.13 Å². The van der Waals surface area contributed by atoms with Gasteiger partial charge in [0.25, 0.3) is 0 Å². The number of carbonyl (C=O) groups is 1. The third-order valence-corrected chi connectivity index (χ3v) is 4.27. The number of nitrogens with one attached hydrogen (secondary N) is 1. The van der Waals surface area contributed by atoms with E-state index in [1.165, 1.54) is 17.4 Å². The quantitative estimate of drug-likeness (QED) is 0.703. The number of hydrogen-bond donors (Lipinski definition) is 1. The summed E-state index contributed by atoms with van der Waals surface area (Å²) < 4.78 is 6.14. The molecule has 0 unspecified atom stereocenters. The van der Waals surface area contributed by atoms with Crippen LogP contribution in [-0.4, -0.2) is 18.0 Å². The first-order valence-corrected chi connectivity index (χ1v) is 8.03. The van der Waals surface area contributed by atoms with Crippen molar-refractivity contribution in [1.29, 1.82) is 0 Å². The van der Waals surface area contributed by atoms with Crippen LogP contribution in [0.15, 0.2) is 48.5 Å². The summed E-state index contributed by atoms with van der Waals surface area (Å²) in [6.07, 6.45) is 3.16. The number of aromatic nitrogens is 1. The van der Waals surface area contributed by atoms with E-state index in [1.54, 1.807) is 25.3 Å². The van der Waals surface area contributed by atoms with E-state index in [-0.39, 0.29) is 5.91 Å². The molecule has 1 N–H and O–H groups in total. The fraction of sp³-hybridized carbons (Fsp3) is 0.0588. The number of thiazole rings is 1. The summed E-state index contributed by atoms with van der Waals surface area (Å²) in [6.45, 7) is 0. The van der Waals surface area contributed by atoms with Gasteiger partial charge in [-0.05, 0) is 42.0 Å². The first kappa shape index (κ1) is 15.5. The number of rotatable bonds is 4. The lowest BCUT2D eigenvalue weighted by Gasteiger charge is -1.96. The highest BCUT2D eigenvalue weighted by atomic mass is 35.5. The Morgan fingerprint density at radius 2 is 2.17 bits per heavy atom. The van der Waals surface area contributed by atoms with Gasteiger partial charge in [0.1, 0.15) is 5.75 Å². The highest BCUT2D eigenvalue weighted by molar-refractivity contribution is 7.22. The maximum absolute atomic E-state index is 12.0. The highest BCUT2D eigenvalue weighted by Gasteiger charge is 2.07. The molecule has 0 aliphatic carbocycles. The molecular formula is C17H13ClN2O2S. The van der Waals surface area contributed by atoms with Crippen molar-refractivity contribution in [2.24, 2.45) is 0 Å². The van der Waals surface area contributed by atoms with Crippen LogP contribution in [0.25, 0.3) is 16.3 Å². The number of ether oxygens (including phenoxy) is 1. The predicted molar refractivity (Wildman–Crippen MR) is 95.3 cm³/mol. The van der Waals surface area contributed by atoms with Crippen molar-refractivity contribution in [3.63, 3.8) is 0 Å². The van der Waals surface area contributed by atoms with Crippen LogP contribution < -0.4 is 10.1 Å². The molecule has 1 aromatic heterocycles. The number of methoxy groups -OCH3 is 1. The SMILES string of the molecule is COc1ccc2nc(NC(=O)C=Cc3cccc(Cl)c3)sc2c1. The number of hydrogen-bond acceptors (Lipinski definition) is 4. The summed E-state index contributed by atoms with van der Waals surface area (Å²) in [7, 11) is 1.62. The minimum absolute atomic E-state index is 0.240. The van der Waals surface area contributed by atoms with E-state index < -0.39 is 0 Å². The van der Waals surface area contributed by atoms with Crippen LogP contribution in [0.2, 0.25) is 5.02 Å². The summed E-state index contributed by atoms with van der Waals surface area (Å²) in [6, 6.07) is 12.9. The Bertz CT molecular complexity index is 889. The monoisotopic (exact) mass is 344 g/mol. The summed E-state index contributed by atoms with van der Waals surface area (Å²) in [5.41, 5.74) is 1.69. The molecular weight excluding hydrogens is 332 g/mol. The molecule has 0 saturated carbocycles. The number of fused-ring (bicyclic) bond motifs is 1. The molecule has 1 heterocycles. The van der Waals surface area contributed by atoms with Gasteiger partial charge >= 0.3 is 0 Å². The van der Waals surface area contributed by atoms with E-state index in [2.05, 4.69) is 10.3 Å². The highest BCUT2D eigenvalue weighted by Crippen LogP contribution is 2.29. The number of anilines is 1. The lowest BCUT2D eigenvalue weighted by atomic mass is 10.2. The smallest absolute Gasteiger partial charge is 0.250 e. The fourth-order valence-corrected chi connectivity index (χ4v) is 3.11. The molecule has 3 rings (SSSR count). The van der Waals surface area contributed by atoms with Crippen LogP contribution in [0, 0.1) is 0 Å². The van der Waals surface area contributed by atoms with Crippen LogP contribution >= 0.6 is 22.9 Å². The Kier molecular flexibility index (Phi) is 4.60. The largest absolute Gasteiger partial charge is 0.497 e. The number of carbonyl (C=O) groups excluding carboxylic acids is 1. The summed E-state index contributed by atoms with van der Waals surface area (Å²) in [4.78, 5) is 16.4. The Labute approximate surface area is 142 Å². The molecule has 116 valence electrons. The number of benzene rings is 2. The van der Waals surface area contributed by atoms with Crippen molar-refractivity contribution in [1.82, 2.24) is 4.98 Å². The topological polar surface area (TPSA) is 51.2 Å². The number of nitrogens with zero attached hydrogens (tertiary/aromatic N) is 1. The molecule has 1 amide bonds. The Morgan fingerprint density at radius 3 is 2.96 bits per heavy atom. The van der Waals surface area contributed by atoms with Crippen molar-refractivity contribution in [2.75, 3.05) is 12.4 Å². The molecule has 0 saturated heterocycles. The van der Waals surface area contributed by atoms with Gasteiger partial charge in [-0.25, -0.2) is 4.98 Å². The molecule has 0 aliphatic heterocycles. The maximum atomic E-state index is 12.0. The zero-order valence-electron chi connectivity index (χ0n) is 12.2. The van der Waals surface area contributed by atoms with E-state index >= 15 is 0 Å². The van der Waals surface area contributed by atoms with Crippen LogP contribution in [0.1, 0.15) is 5.56 Å². The van der Waals surface area contributed by atoms with Gasteiger partial charge < -0.3 is 4.74 Å². The lowest BCUT2D eigenvalue weighted by molar-refractivity contribution is -0.111. The number of halogens is 1. The molecule has 0 radical (unpaired) electrons. The minimum atomic E-state index is -0.240. The van der Waals surface area contributed by atoms with Crippen molar-refractivity contribution in [3.05, 3.63) is 59.1 Å².